The molecule has 0 heterocycles. The van der Waals surface area contributed by atoms with Gasteiger partial charge in [0.2, 0.25) is 0 Å². The van der Waals surface area contributed by atoms with Crippen LogP contribution in [0.5, 0.6) is 0 Å². The Kier molecular flexibility index (Phi) is 4.82. The summed E-state index contributed by atoms with van der Waals surface area (Å²) in [7, 11) is 0. The van der Waals surface area contributed by atoms with Crippen molar-refractivity contribution in [2.75, 3.05) is 13.2 Å². The van der Waals surface area contributed by atoms with Crippen LogP contribution in [-0.2, 0) is 9.53 Å². The van der Waals surface area contributed by atoms with Gasteiger partial charge in [0.15, 0.2) is 12.2 Å². The second kappa shape index (κ2) is 5.31. The Morgan fingerprint density at radius 3 is 2.89 bits per heavy atom. The summed E-state index contributed by atoms with van der Waals surface area (Å²) in [4.78, 5) is 9.42. The summed E-state index contributed by atoms with van der Waals surface area (Å²) in [5.74, 6) is 1.36. The molecule has 0 fully saturated rings. The van der Waals surface area contributed by atoms with E-state index in [1.165, 1.54) is 5.94 Å². The standard InChI is InChI=1S/C5H8O4/c6-1-2-9-4-5(8)3-7/h2,5,7-8H,3-4H2. The van der Waals surface area contributed by atoms with Crippen molar-refractivity contribution >= 4 is 5.94 Å². The maximum absolute atomic E-state index is 9.42. The largest absolute Gasteiger partial charge is 0.487 e. The second-order valence-electron chi connectivity index (χ2n) is 1.41. The monoisotopic (exact) mass is 132 g/mol. The summed E-state index contributed by atoms with van der Waals surface area (Å²) in [5, 5.41) is 16.8. The van der Waals surface area contributed by atoms with Gasteiger partial charge in [0.05, 0.1) is 6.61 Å². The third-order valence-electron chi connectivity index (χ3n) is 0.631. The number of hydrogen-bond donors (Lipinski definition) is 2. The highest BCUT2D eigenvalue weighted by atomic mass is 16.5. The molecule has 2 N–H and O–H groups in total. The summed E-state index contributed by atoms with van der Waals surface area (Å²) < 4.78 is 4.38. The molecule has 0 aromatic heterocycles. The lowest BCUT2D eigenvalue weighted by atomic mass is 10.4. The Morgan fingerprint density at radius 1 is 1.78 bits per heavy atom. The van der Waals surface area contributed by atoms with E-state index in [-0.39, 0.29) is 13.2 Å². The molecule has 0 aromatic rings. The molecule has 1 atom stereocenters. The molecule has 0 rings (SSSR count). The fraction of sp³-hybridized carbons (Fsp3) is 0.600. The molecular weight excluding hydrogens is 124 g/mol. The molecule has 0 aliphatic carbocycles. The van der Waals surface area contributed by atoms with Crippen LogP contribution in [0.2, 0.25) is 0 Å². The van der Waals surface area contributed by atoms with E-state index in [1.54, 1.807) is 0 Å². The van der Waals surface area contributed by atoms with E-state index >= 15 is 0 Å². The highest BCUT2D eigenvalue weighted by molar-refractivity contribution is 5.42. The van der Waals surface area contributed by atoms with Crippen LogP contribution in [0, 0.1) is 0 Å². The van der Waals surface area contributed by atoms with E-state index in [0.717, 1.165) is 6.26 Å². The predicted octanol–water partition coefficient (Wildman–Crippen LogP) is -1.30. The first-order chi connectivity index (χ1) is 4.31. The van der Waals surface area contributed by atoms with Crippen LogP contribution in [0.4, 0.5) is 0 Å². The van der Waals surface area contributed by atoms with Gasteiger partial charge in [-0.25, -0.2) is 4.79 Å². The third-order valence-corrected chi connectivity index (χ3v) is 0.631. The van der Waals surface area contributed by atoms with Gasteiger partial charge in [-0.1, -0.05) is 0 Å². The molecule has 0 aromatic carbocycles. The maximum atomic E-state index is 9.42. The smallest absolute Gasteiger partial charge is 0.166 e. The van der Waals surface area contributed by atoms with Crippen molar-refractivity contribution in [3.8, 4) is 0 Å². The van der Waals surface area contributed by atoms with Crippen molar-refractivity contribution in [2.45, 2.75) is 6.10 Å². The zero-order chi connectivity index (χ0) is 7.11. The average molecular weight is 132 g/mol. The summed E-state index contributed by atoms with van der Waals surface area (Å²) in [6.07, 6.45) is -0.131. The van der Waals surface area contributed by atoms with Gasteiger partial charge in [0.25, 0.3) is 0 Å². The molecular formula is C5H8O4. The van der Waals surface area contributed by atoms with Gasteiger partial charge in [-0.2, -0.15) is 0 Å². The number of rotatable bonds is 4. The van der Waals surface area contributed by atoms with Crippen LogP contribution < -0.4 is 0 Å². The van der Waals surface area contributed by atoms with Crippen LogP contribution in [0.1, 0.15) is 0 Å². The fourth-order valence-corrected chi connectivity index (χ4v) is 0.246. The van der Waals surface area contributed by atoms with E-state index in [4.69, 9.17) is 10.2 Å². The van der Waals surface area contributed by atoms with Gasteiger partial charge in [0, 0.05) is 0 Å². The minimum atomic E-state index is -0.922. The van der Waals surface area contributed by atoms with Crippen LogP contribution in [0.3, 0.4) is 0 Å². The Bertz CT molecular complexity index is 106. The lowest BCUT2D eigenvalue weighted by Crippen LogP contribution is -2.17. The fourth-order valence-electron chi connectivity index (χ4n) is 0.246. The molecule has 0 bridgehead atoms. The molecule has 52 valence electrons. The molecule has 0 aliphatic heterocycles. The first-order valence-corrected chi connectivity index (χ1v) is 2.41. The molecule has 0 saturated heterocycles. The topological polar surface area (TPSA) is 66.8 Å². The van der Waals surface area contributed by atoms with Crippen LogP contribution in [0.15, 0.2) is 6.26 Å². The van der Waals surface area contributed by atoms with Crippen molar-refractivity contribution in [2.24, 2.45) is 0 Å². The zero-order valence-electron chi connectivity index (χ0n) is 4.78. The zero-order valence-corrected chi connectivity index (χ0v) is 4.78. The minimum Gasteiger partial charge on any atom is -0.487 e. The van der Waals surface area contributed by atoms with E-state index in [2.05, 4.69) is 4.74 Å². The highest BCUT2D eigenvalue weighted by Gasteiger charge is 1.98. The Hall–Kier alpha value is -0.830. The Balaban J connectivity index is 3.16. The molecule has 9 heavy (non-hydrogen) atoms. The van der Waals surface area contributed by atoms with Gasteiger partial charge >= 0.3 is 0 Å². The van der Waals surface area contributed by atoms with Gasteiger partial charge in [0.1, 0.15) is 12.7 Å². The summed E-state index contributed by atoms with van der Waals surface area (Å²) in [5.41, 5.74) is 0. The third kappa shape index (κ3) is 5.03. The molecule has 0 spiro atoms. The SMILES string of the molecule is O=C=COCC(O)CO. The van der Waals surface area contributed by atoms with Crippen LogP contribution in [-0.4, -0.2) is 35.5 Å². The first kappa shape index (κ1) is 8.17. The number of aliphatic hydroxyl groups is 2. The van der Waals surface area contributed by atoms with Crippen molar-refractivity contribution in [3.63, 3.8) is 0 Å². The number of aliphatic hydroxyl groups excluding tert-OH is 2. The van der Waals surface area contributed by atoms with Crippen molar-refractivity contribution in [1.82, 2.24) is 0 Å². The van der Waals surface area contributed by atoms with E-state index in [0.29, 0.717) is 0 Å². The quantitative estimate of drug-likeness (QED) is 0.368. The van der Waals surface area contributed by atoms with E-state index in [1.807, 2.05) is 0 Å². The van der Waals surface area contributed by atoms with Gasteiger partial charge in [-0.3, -0.25) is 0 Å². The van der Waals surface area contributed by atoms with Crippen LogP contribution >= 0.6 is 0 Å². The molecule has 0 saturated carbocycles. The molecule has 4 nitrogen and oxygen atoms in total. The second-order valence-corrected chi connectivity index (χ2v) is 1.41. The normalized spacial score (nSPS) is 11.8. The highest BCUT2D eigenvalue weighted by Crippen LogP contribution is 1.81. The summed E-state index contributed by atoms with van der Waals surface area (Å²) in [6.45, 7) is -0.446. The summed E-state index contributed by atoms with van der Waals surface area (Å²) >= 11 is 0. The molecule has 1 unspecified atom stereocenters. The van der Waals surface area contributed by atoms with E-state index < -0.39 is 6.10 Å². The number of carbonyl (C=O) groups excluding carboxylic acids is 1. The van der Waals surface area contributed by atoms with Gasteiger partial charge < -0.3 is 14.9 Å². The lowest BCUT2D eigenvalue weighted by molar-refractivity contribution is 0.0390. The predicted molar refractivity (Wildman–Crippen MR) is 29.3 cm³/mol. The van der Waals surface area contributed by atoms with Gasteiger partial charge in [-0.15, -0.1) is 0 Å². The molecule has 4 heteroatoms. The molecule has 0 amide bonds. The summed E-state index contributed by atoms with van der Waals surface area (Å²) in [6, 6.07) is 0. The minimum absolute atomic E-state index is 0.0776. The van der Waals surface area contributed by atoms with Crippen LogP contribution in [0.25, 0.3) is 0 Å². The average Bonchev–Trinajstić information content (AvgIpc) is 1.89. The van der Waals surface area contributed by atoms with Gasteiger partial charge in [-0.05, 0) is 0 Å². The van der Waals surface area contributed by atoms with Crippen molar-refractivity contribution in [3.05, 3.63) is 6.26 Å². The van der Waals surface area contributed by atoms with Crippen molar-refractivity contribution < 1.29 is 19.7 Å². The molecule has 0 aliphatic rings. The van der Waals surface area contributed by atoms with Crippen molar-refractivity contribution in [1.29, 1.82) is 0 Å². The number of hydrogen-bond acceptors (Lipinski definition) is 4. The van der Waals surface area contributed by atoms with E-state index in [9.17, 15) is 4.79 Å². The first-order valence-electron chi connectivity index (χ1n) is 2.41. The Labute approximate surface area is 52.4 Å². The lowest BCUT2D eigenvalue weighted by Gasteiger charge is -2.03. The maximum Gasteiger partial charge on any atom is 0.166 e. The Morgan fingerprint density at radius 2 is 2.44 bits per heavy atom. The molecule has 0 radical (unpaired) electrons. The number of ether oxygens (including phenoxy) is 1.